The molecule has 6 nitrogen and oxygen atoms in total. The molecule has 1 unspecified atom stereocenters. The van der Waals surface area contributed by atoms with Gasteiger partial charge in [-0.2, -0.15) is 4.72 Å². The van der Waals surface area contributed by atoms with Crippen LogP contribution in [0, 0.1) is 13.8 Å². The molecule has 1 aliphatic heterocycles. The second-order valence-electron chi connectivity index (χ2n) is 5.50. The lowest BCUT2D eigenvalue weighted by molar-refractivity contribution is -0.117. The molecule has 0 spiro atoms. The third-order valence-corrected chi connectivity index (χ3v) is 5.14. The van der Waals surface area contributed by atoms with Crippen LogP contribution >= 0.6 is 0 Å². The molecule has 7 heteroatoms. The van der Waals surface area contributed by atoms with E-state index in [0.29, 0.717) is 11.4 Å². The van der Waals surface area contributed by atoms with Crippen molar-refractivity contribution in [2.24, 2.45) is 0 Å². The fourth-order valence-electron chi connectivity index (χ4n) is 2.42. The van der Waals surface area contributed by atoms with Crippen LogP contribution in [-0.4, -0.2) is 20.5 Å². The van der Waals surface area contributed by atoms with Gasteiger partial charge in [0.25, 0.3) is 5.91 Å². The molecule has 1 aliphatic rings. The number of amides is 1. The van der Waals surface area contributed by atoms with Crippen LogP contribution in [0.25, 0.3) is 0 Å². The minimum Gasteiger partial charge on any atom is -0.360 e. The average Bonchev–Trinajstić information content (AvgIpc) is 2.50. The predicted molar refractivity (Wildman–Crippen MR) is 88.7 cm³/mol. The van der Waals surface area contributed by atoms with Crippen LogP contribution in [0.4, 0.5) is 11.4 Å². The van der Waals surface area contributed by atoms with Gasteiger partial charge < -0.3 is 10.6 Å². The number of rotatable bonds is 2. The molecule has 2 aromatic carbocycles. The van der Waals surface area contributed by atoms with Crippen molar-refractivity contribution in [3.05, 3.63) is 53.6 Å². The molecule has 0 aromatic heterocycles. The molecular weight excluding hydrogens is 314 g/mol. The Hall–Kier alpha value is -2.38. The zero-order valence-electron chi connectivity index (χ0n) is 12.8. The summed E-state index contributed by atoms with van der Waals surface area (Å²) in [5.41, 5.74) is 2.98. The van der Waals surface area contributed by atoms with Crippen LogP contribution in [0.3, 0.4) is 0 Å². The molecule has 0 aliphatic carbocycles. The predicted octanol–water partition coefficient (Wildman–Crippen LogP) is 1.97. The molecule has 120 valence electrons. The summed E-state index contributed by atoms with van der Waals surface area (Å²) in [6.45, 7) is 3.80. The topological polar surface area (TPSA) is 87.3 Å². The maximum atomic E-state index is 12.4. The van der Waals surface area contributed by atoms with Gasteiger partial charge in [-0.1, -0.05) is 24.3 Å². The highest BCUT2D eigenvalue weighted by Gasteiger charge is 2.32. The molecule has 0 saturated carbocycles. The van der Waals surface area contributed by atoms with Gasteiger partial charge in [-0.25, -0.2) is 8.42 Å². The molecule has 2 aromatic rings. The van der Waals surface area contributed by atoms with Gasteiger partial charge >= 0.3 is 0 Å². The molecule has 0 radical (unpaired) electrons. The maximum Gasteiger partial charge on any atom is 0.262 e. The van der Waals surface area contributed by atoms with Gasteiger partial charge in [0.15, 0.2) is 6.17 Å². The molecule has 3 rings (SSSR count). The molecule has 3 N–H and O–H groups in total. The number of hydrogen-bond donors (Lipinski definition) is 3. The summed E-state index contributed by atoms with van der Waals surface area (Å²) in [6, 6.07) is 12.2. The molecule has 0 bridgehead atoms. The van der Waals surface area contributed by atoms with E-state index in [1.807, 2.05) is 32.0 Å². The van der Waals surface area contributed by atoms with Gasteiger partial charge in [-0.05, 0) is 43.2 Å². The van der Waals surface area contributed by atoms with E-state index < -0.39 is 22.1 Å². The van der Waals surface area contributed by atoms with Crippen molar-refractivity contribution in [3.8, 4) is 0 Å². The van der Waals surface area contributed by atoms with Gasteiger partial charge in [0.1, 0.15) is 4.90 Å². The number of sulfonamides is 1. The zero-order chi connectivity index (χ0) is 16.6. The SMILES string of the molecule is Cc1ccc(C)c(NC(=O)C2Nc3ccccc3S(=O)(=O)N2)c1. The fourth-order valence-corrected chi connectivity index (χ4v) is 3.70. The minimum atomic E-state index is -3.72. The second kappa shape index (κ2) is 5.68. The van der Waals surface area contributed by atoms with Gasteiger partial charge in [0, 0.05) is 5.69 Å². The van der Waals surface area contributed by atoms with E-state index in [2.05, 4.69) is 15.4 Å². The molecule has 1 amide bonds. The first-order valence-electron chi connectivity index (χ1n) is 7.13. The van der Waals surface area contributed by atoms with Crippen LogP contribution in [0.2, 0.25) is 0 Å². The Balaban J connectivity index is 1.86. The van der Waals surface area contributed by atoms with Crippen molar-refractivity contribution < 1.29 is 13.2 Å². The van der Waals surface area contributed by atoms with Crippen LogP contribution in [0.1, 0.15) is 11.1 Å². The Bertz CT molecular complexity index is 878. The zero-order valence-corrected chi connectivity index (χ0v) is 13.6. The average molecular weight is 331 g/mol. The minimum absolute atomic E-state index is 0.135. The molecule has 1 heterocycles. The summed E-state index contributed by atoms with van der Waals surface area (Å²) in [5.74, 6) is -0.461. The number of nitrogens with one attached hydrogen (secondary N) is 3. The maximum absolute atomic E-state index is 12.4. The number of anilines is 2. The van der Waals surface area contributed by atoms with Crippen molar-refractivity contribution in [3.63, 3.8) is 0 Å². The lowest BCUT2D eigenvalue weighted by atomic mass is 10.1. The lowest BCUT2D eigenvalue weighted by Gasteiger charge is -2.27. The van der Waals surface area contributed by atoms with Crippen molar-refractivity contribution >= 4 is 27.3 Å². The van der Waals surface area contributed by atoms with Crippen LogP contribution in [0.15, 0.2) is 47.4 Å². The van der Waals surface area contributed by atoms with Crippen molar-refractivity contribution in [1.29, 1.82) is 0 Å². The summed E-state index contributed by atoms with van der Waals surface area (Å²) >= 11 is 0. The first-order chi connectivity index (χ1) is 10.9. The summed E-state index contributed by atoms with van der Waals surface area (Å²) in [5, 5.41) is 5.67. The van der Waals surface area contributed by atoms with Crippen LogP contribution in [0.5, 0.6) is 0 Å². The third-order valence-electron chi connectivity index (χ3n) is 3.66. The van der Waals surface area contributed by atoms with Gasteiger partial charge in [0.05, 0.1) is 5.69 Å². The Morgan fingerprint density at radius 2 is 1.87 bits per heavy atom. The number of para-hydroxylation sites is 1. The van der Waals surface area contributed by atoms with E-state index in [0.717, 1.165) is 11.1 Å². The third kappa shape index (κ3) is 3.06. The quantitative estimate of drug-likeness (QED) is 0.785. The Kier molecular flexibility index (Phi) is 3.83. The van der Waals surface area contributed by atoms with Crippen LogP contribution in [-0.2, 0) is 14.8 Å². The van der Waals surface area contributed by atoms with Gasteiger partial charge in [-0.3, -0.25) is 4.79 Å². The summed E-state index contributed by atoms with van der Waals surface area (Å²) in [6.07, 6.45) is -1.06. The van der Waals surface area contributed by atoms with Gasteiger partial charge in [-0.15, -0.1) is 0 Å². The number of carbonyl (C=O) groups is 1. The molecular formula is C16H17N3O3S. The number of fused-ring (bicyclic) bond motifs is 1. The van der Waals surface area contributed by atoms with E-state index in [4.69, 9.17) is 0 Å². The molecule has 1 atom stereocenters. The summed E-state index contributed by atoms with van der Waals surface area (Å²) in [4.78, 5) is 12.6. The lowest BCUT2D eigenvalue weighted by Crippen LogP contribution is -2.51. The van der Waals surface area contributed by atoms with Gasteiger partial charge in [0.2, 0.25) is 10.0 Å². The Morgan fingerprint density at radius 3 is 2.65 bits per heavy atom. The first kappa shape index (κ1) is 15.5. The number of hydrogen-bond acceptors (Lipinski definition) is 4. The van der Waals surface area contributed by atoms with E-state index in [9.17, 15) is 13.2 Å². The normalized spacial score (nSPS) is 18.6. The highest BCUT2D eigenvalue weighted by Crippen LogP contribution is 2.26. The monoisotopic (exact) mass is 331 g/mol. The van der Waals surface area contributed by atoms with Crippen molar-refractivity contribution in [2.45, 2.75) is 24.9 Å². The Morgan fingerprint density at radius 1 is 1.13 bits per heavy atom. The van der Waals surface area contributed by atoms with E-state index in [-0.39, 0.29) is 4.90 Å². The van der Waals surface area contributed by atoms with E-state index in [1.54, 1.807) is 18.2 Å². The molecule has 0 fully saturated rings. The highest BCUT2D eigenvalue weighted by molar-refractivity contribution is 7.89. The van der Waals surface area contributed by atoms with Crippen molar-refractivity contribution in [1.82, 2.24) is 4.72 Å². The number of benzene rings is 2. The standard InChI is InChI=1S/C16H17N3O3S/c1-10-7-8-11(2)13(9-10)18-16(20)15-17-12-5-3-4-6-14(12)23(21,22)19-15/h3-9,15,17,19H,1-2H3,(H,18,20). The summed E-state index contributed by atoms with van der Waals surface area (Å²) < 4.78 is 26.8. The van der Waals surface area contributed by atoms with Crippen molar-refractivity contribution in [2.75, 3.05) is 10.6 Å². The molecule has 0 saturated heterocycles. The van der Waals surface area contributed by atoms with E-state index >= 15 is 0 Å². The largest absolute Gasteiger partial charge is 0.360 e. The highest BCUT2D eigenvalue weighted by atomic mass is 32.2. The fraction of sp³-hybridized carbons (Fsp3) is 0.188. The first-order valence-corrected chi connectivity index (χ1v) is 8.61. The Labute approximate surface area is 135 Å². The summed E-state index contributed by atoms with van der Waals surface area (Å²) in [7, 11) is -3.72. The number of aryl methyl sites for hydroxylation is 2. The second-order valence-corrected chi connectivity index (χ2v) is 7.18. The van der Waals surface area contributed by atoms with E-state index in [1.165, 1.54) is 6.07 Å². The number of carbonyl (C=O) groups excluding carboxylic acids is 1. The van der Waals surface area contributed by atoms with Crippen LogP contribution < -0.4 is 15.4 Å². The smallest absolute Gasteiger partial charge is 0.262 e. The molecule has 23 heavy (non-hydrogen) atoms.